The second kappa shape index (κ2) is 6.53. The molecule has 1 atom stereocenters. The first-order valence-electron chi connectivity index (χ1n) is 10.4. The fraction of sp³-hybridized carbons (Fsp3) is 0.320. The van der Waals surface area contributed by atoms with E-state index in [1.807, 2.05) is 33.8 Å². The number of hydrogen-bond donors (Lipinski definition) is 3. The van der Waals surface area contributed by atoms with Gasteiger partial charge in [0.15, 0.2) is 11.5 Å². The van der Waals surface area contributed by atoms with Crippen LogP contribution in [-0.4, -0.2) is 32.6 Å². The number of epoxide rings is 1. The summed E-state index contributed by atoms with van der Waals surface area (Å²) in [5.41, 5.74) is 0.503. The smallest absolute Gasteiger partial charge is 0.204 e. The molecule has 3 aromatic rings. The van der Waals surface area contributed by atoms with Gasteiger partial charge in [0.25, 0.3) is 0 Å². The Balaban J connectivity index is 1.78. The van der Waals surface area contributed by atoms with Crippen molar-refractivity contribution in [2.45, 2.75) is 51.4 Å². The summed E-state index contributed by atoms with van der Waals surface area (Å²) < 4.78 is 17.9. The highest BCUT2D eigenvalue weighted by Crippen LogP contribution is 2.48. The summed E-state index contributed by atoms with van der Waals surface area (Å²) in [7, 11) is 0. The van der Waals surface area contributed by atoms with Crippen molar-refractivity contribution >= 4 is 17.0 Å². The minimum Gasteiger partial charge on any atom is -0.506 e. The lowest BCUT2D eigenvalue weighted by molar-refractivity contribution is 0.156. The Morgan fingerprint density at radius 3 is 2.44 bits per heavy atom. The number of rotatable bonds is 3. The average Bonchev–Trinajstić information content (AvgIpc) is 3.32. The maximum Gasteiger partial charge on any atom is 0.204 e. The molecule has 32 heavy (non-hydrogen) atoms. The Labute approximate surface area is 184 Å². The molecule has 1 fully saturated rings. The first-order chi connectivity index (χ1) is 15.0. The monoisotopic (exact) mass is 436 g/mol. The second-order valence-electron chi connectivity index (χ2n) is 9.41. The lowest BCUT2D eigenvalue weighted by atomic mass is 9.92. The van der Waals surface area contributed by atoms with Gasteiger partial charge < -0.3 is 29.2 Å². The van der Waals surface area contributed by atoms with E-state index in [-0.39, 0.29) is 45.5 Å². The van der Waals surface area contributed by atoms with Gasteiger partial charge in [0.2, 0.25) is 5.43 Å². The first-order valence-corrected chi connectivity index (χ1v) is 10.4. The fourth-order valence-corrected chi connectivity index (χ4v) is 4.15. The van der Waals surface area contributed by atoms with E-state index in [1.54, 1.807) is 6.08 Å². The zero-order valence-corrected chi connectivity index (χ0v) is 18.2. The average molecular weight is 436 g/mol. The van der Waals surface area contributed by atoms with Gasteiger partial charge in [-0.2, -0.15) is 0 Å². The van der Waals surface area contributed by atoms with Crippen LogP contribution in [0, 0.1) is 0 Å². The maximum atomic E-state index is 13.5. The van der Waals surface area contributed by atoms with Crippen molar-refractivity contribution in [2.24, 2.45) is 0 Å². The molecule has 1 aromatic heterocycles. The molecule has 0 spiro atoms. The molecule has 2 aromatic carbocycles. The molecule has 3 N–H and O–H groups in total. The highest BCUT2D eigenvalue weighted by molar-refractivity contribution is 5.95. The van der Waals surface area contributed by atoms with Crippen molar-refractivity contribution in [2.75, 3.05) is 0 Å². The molecule has 2 aliphatic heterocycles. The third kappa shape index (κ3) is 3.12. The van der Waals surface area contributed by atoms with Crippen LogP contribution in [0.4, 0.5) is 0 Å². The minimum atomic E-state index is -0.592. The lowest BCUT2D eigenvalue weighted by Crippen LogP contribution is -2.28. The number of hydrogen-bond acceptors (Lipinski definition) is 7. The Morgan fingerprint density at radius 2 is 1.78 bits per heavy atom. The SMILES string of the molecule is CC1(C)C=Cc2c(c(CC3OC3(C)C)c3occ(-c4ccc(O)c(O)c4)c(=O)c3c2O)O1. The largest absolute Gasteiger partial charge is 0.506 e. The van der Waals surface area contributed by atoms with Gasteiger partial charge in [-0.3, -0.25) is 4.79 Å². The van der Waals surface area contributed by atoms with E-state index >= 15 is 0 Å². The van der Waals surface area contributed by atoms with Crippen LogP contribution >= 0.6 is 0 Å². The third-order valence-electron chi connectivity index (χ3n) is 6.13. The number of benzene rings is 2. The summed E-state index contributed by atoms with van der Waals surface area (Å²) in [5.74, 6) is -0.397. The fourth-order valence-electron chi connectivity index (χ4n) is 4.15. The molecule has 7 heteroatoms. The highest BCUT2D eigenvalue weighted by Gasteiger charge is 2.48. The summed E-state index contributed by atoms with van der Waals surface area (Å²) in [6.45, 7) is 7.79. The zero-order valence-electron chi connectivity index (χ0n) is 18.2. The predicted molar refractivity (Wildman–Crippen MR) is 119 cm³/mol. The van der Waals surface area contributed by atoms with E-state index in [9.17, 15) is 20.1 Å². The summed E-state index contributed by atoms with van der Waals surface area (Å²) >= 11 is 0. The van der Waals surface area contributed by atoms with Crippen molar-refractivity contribution in [1.82, 2.24) is 0 Å². The van der Waals surface area contributed by atoms with Crippen molar-refractivity contribution in [1.29, 1.82) is 0 Å². The van der Waals surface area contributed by atoms with Gasteiger partial charge in [-0.25, -0.2) is 0 Å². The van der Waals surface area contributed by atoms with Gasteiger partial charge in [0.1, 0.15) is 34.3 Å². The molecule has 2 aliphatic rings. The molecular formula is C25H24O7. The van der Waals surface area contributed by atoms with Crippen LogP contribution in [0.5, 0.6) is 23.0 Å². The first kappa shape index (κ1) is 20.5. The van der Waals surface area contributed by atoms with Crippen molar-refractivity contribution in [3.05, 3.63) is 51.9 Å². The molecule has 1 saturated heterocycles. The van der Waals surface area contributed by atoms with Gasteiger partial charge >= 0.3 is 0 Å². The molecule has 0 amide bonds. The van der Waals surface area contributed by atoms with Crippen LogP contribution in [0.15, 0.2) is 39.7 Å². The van der Waals surface area contributed by atoms with Gasteiger partial charge in [0, 0.05) is 12.0 Å². The van der Waals surface area contributed by atoms with Crippen LogP contribution in [0.3, 0.4) is 0 Å². The Kier molecular flexibility index (Phi) is 4.17. The van der Waals surface area contributed by atoms with Crippen molar-refractivity contribution in [3.63, 3.8) is 0 Å². The minimum absolute atomic E-state index is 0.0372. The Morgan fingerprint density at radius 1 is 1.06 bits per heavy atom. The van der Waals surface area contributed by atoms with Crippen LogP contribution < -0.4 is 10.2 Å². The summed E-state index contributed by atoms with van der Waals surface area (Å²) in [5, 5.41) is 30.6. The van der Waals surface area contributed by atoms with Crippen molar-refractivity contribution < 1.29 is 29.2 Å². The van der Waals surface area contributed by atoms with Gasteiger partial charge in [-0.15, -0.1) is 0 Å². The molecule has 1 unspecified atom stereocenters. The number of aromatic hydroxyl groups is 3. The highest BCUT2D eigenvalue weighted by atomic mass is 16.6. The molecule has 0 saturated carbocycles. The number of ether oxygens (including phenoxy) is 2. The summed E-state index contributed by atoms with van der Waals surface area (Å²) in [6, 6.07) is 4.06. The van der Waals surface area contributed by atoms with Crippen LogP contribution in [-0.2, 0) is 11.2 Å². The van der Waals surface area contributed by atoms with E-state index in [1.165, 1.54) is 24.5 Å². The standard InChI is InChI=1S/C25H24O7/c1-24(2)8-7-13-20(28)19-21(29)15(12-5-6-16(26)17(27)9-12)11-30-23(19)14(22(13)32-24)10-18-25(3,4)31-18/h5-9,11,18,26-28H,10H2,1-4H3. The quantitative estimate of drug-likeness (QED) is 0.410. The maximum absolute atomic E-state index is 13.5. The van der Waals surface area contributed by atoms with Gasteiger partial charge in [0.05, 0.1) is 22.8 Å². The molecule has 0 radical (unpaired) electrons. The van der Waals surface area contributed by atoms with Gasteiger partial charge in [-0.05, 0) is 57.5 Å². The van der Waals surface area contributed by atoms with E-state index in [0.717, 1.165) is 0 Å². The van der Waals surface area contributed by atoms with Crippen LogP contribution in [0.25, 0.3) is 28.2 Å². The molecule has 0 bridgehead atoms. The normalized spacial score (nSPS) is 20.1. The number of phenolic OH excluding ortho intramolecular Hbond substituents is 3. The van der Waals surface area contributed by atoms with Crippen molar-refractivity contribution in [3.8, 4) is 34.1 Å². The zero-order chi connectivity index (χ0) is 23.0. The van der Waals surface area contributed by atoms with E-state index in [0.29, 0.717) is 28.9 Å². The summed E-state index contributed by atoms with van der Waals surface area (Å²) in [4.78, 5) is 13.5. The molecule has 5 rings (SSSR count). The third-order valence-corrected chi connectivity index (χ3v) is 6.13. The molecule has 0 aliphatic carbocycles. The molecule has 7 nitrogen and oxygen atoms in total. The molecular weight excluding hydrogens is 412 g/mol. The van der Waals surface area contributed by atoms with Crippen LogP contribution in [0.2, 0.25) is 0 Å². The Bertz CT molecular complexity index is 1360. The van der Waals surface area contributed by atoms with E-state index in [2.05, 4.69) is 0 Å². The number of fused-ring (bicyclic) bond motifs is 2. The summed E-state index contributed by atoms with van der Waals surface area (Å²) in [6.07, 6.45) is 5.27. The lowest BCUT2D eigenvalue weighted by Gasteiger charge is -2.30. The van der Waals surface area contributed by atoms with E-state index < -0.39 is 11.0 Å². The van der Waals surface area contributed by atoms with E-state index in [4.69, 9.17) is 13.9 Å². The predicted octanol–water partition coefficient (Wildman–Crippen LogP) is 4.48. The number of phenols is 3. The topological polar surface area (TPSA) is 113 Å². The Hall–Kier alpha value is -3.45. The van der Waals surface area contributed by atoms with Crippen LogP contribution in [0.1, 0.15) is 38.8 Å². The second-order valence-corrected chi connectivity index (χ2v) is 9.41. The molecule has 166 valence electrons. The van der Waals surface area contributed by atoms with Gasteiger partial charge in [-0.1, -0.05) is 6.07 Å². The molecule has 3 heterocycles.